The maximum absolute atomic E-state index is 6.20. The summed E-state index contributed by atoms with van der Waals surface area (Å²) in [7, 11) is -1.96. The summed E-state index contributed by atoms with van der Waals surface area (Å²) in [5.74, 6) is 0.572. The average molecular weight is 280 g/mol. The molecule has 1 aromatic rings. The van der Waals surface area contributed by atoms with Gasteiger partial charge in [-0.1, -0.05) is 58.0 Å². The molecule has 0 spiro atoms. The van der Waals surface area contributed by atoms with Crippen LogP contribution in [0.25, 0.3) is 0 Å². The molecule has 0 saturated carbocycles. The summed E-state index contributed by atoms with van der Waals surface area (Å²) in [4.78, 5) is 0. The molecule has 0 heterocycles. The van der Waals surface area contributed by atoms with Gasteiger partial charge in [0.1, 0.15) is 0 Å². The van der Waals surface area contributed by atoms with E-state index in [4.69, 9.17) is 8.85 Å². The minimum Gasteiger partial charge on any atom is -0.394 e. The van der Waals surface area contributed by atoms with Gasteiger partial charge in [0.15, 0.2) is 0 Å². The molecule has 0 bridgehead atoms. The van der Waals surface area contributed by atoms with Gasteiger partial charge in [0.25, 0.3) is 0 Å². The van der Waals surface area contributed by atoms with Crippen molar-refractivity contribution >= 4 is 8.56 Å². The molecule has 0 saturated heterocycles. The summed E-state index contributed by atoms with van der Waals surface area (Å²) >= 11 is 0. The van der Waals surface area contributed by atoms with Gasteiger partial charge >= 0.3 is 8.56 Å². The SMILES string of the molecule is CC[Si](CC)(OCCc1ccccc1)OCC(C)C. The molecule has 3 heteroatoms. The first kappa shape index (κ1) is 16.4. The molecule has 0 fully saturated rings. The fourth-order valence-electron chi connectivity index (χ4n) is 2.02. The van der Waals surface area contributed by atoms with E-state index in [9.17, 15) is 0 Å². The average Bonchev–Trinajstić information content (AvgIpc) is 2.44. The molecule has 0 aromatic heterocycles. The smallest absolute Gasteiger partial charge is 0.337 e. The van der Waals surface area contributed by atoms with Crippen LogP contribution in [0.1, 0.15) is 33.3 Å². The lowest BCUT2D eigenvalue weighted by Gasteiger charge is -2.29. The van der Waals surface area contributed by atoms with Crippen LogP contribution in [0.3, 0.4) is 0 Å². The van der Waals surface area contributed by atoms with Crippen LogP contribution in [0, 0.1) is 5.92 Å². The normalized spacial score (nSPS) is 12.1. The monoisotopic (exact) mass is 280 g/mol. The van der Waals surface area contributed by atoms with Crippen molar-refractivity contribution in [3.8, 4) is 0 Å². The lowest BCUT2D eigenvalue weighted by molar-refractivity contribution is 0.154. The van der Waals surface area contributed by atoms with Gasteiger partial charge in [-0.05, 0) is 30.0 Å². The Bertz CT molecular complexity index is 334. The first-order chi connectivity index (χ1) is 9.12. The molecule has 0 unspecified atom stereocenters. The number of rotatable bonds is 9. The lowest BCUT2D eigenvalue weighted by Crippen LogP contribution is -2.42. The fourth-order valence-corrected chi connectivity index (χ4v) is 4.53. The van der Waals surface area contributed by atoms with Gasteiger partial charge in [-0.3, -0.25) is 0 Å². The van der Waals surface area contributed by atoms with E-state index in [1.165, 1.54) is 5.56 Å². The van der Waals surface area contributed by atoms with E-state index in [0.29, 0.717) is 5.92 Å². The second-order valence-electron chi connectivity index (χ2n) is 5.41. The van der Waals surface area contributed by atoms with Crippen LogP contribution in [0.4, 0.5) is 0 Å². The molecule has 0 N–H and O–H groups in total. The van der Waals surface area contributed by atoms with Gasteiger partial charge in [-0.2, -0.15) is 0 Å². The maximum atomic E-state index is 6.20. The van der Waals surface area contributed by atoms with Crippen LogP contribution in [0.5, 0.6) is 0 Å². The predicted molar refractivity (Wildman–Crippen MR) is 83.6 cm³/mol. The first-order valence-corrected chi connectivity index (χ1v) is 9.66. The molecule has 2 nitrogen and oxygen atoms in total. The number of hydrogen-bond donors (Lipinski definition) is 0. The summed E-state index contributed by atoms with van der Waals surface area (Å²) < 4.78 is 12.3. The summed E-state index contributed by atoms with van der Waals surface area (Å²) in [6.45, 7) is 10.4. The molecule has 0 aliphatic rings. The molecule has 0 radical (unpaired) electrons. The second kappa shape index (κ2) is 8.51. The summed E-state index contributed by atoms with van der Waals surface area (Å²) in [5.41, 5.74) is 1.33. The second-order valence-corrected chi connectivity index (χ2v) is 9.22. The Morgan fingerprint density at radius 3 is 2.16 bits per heavy atom. The van der Waals surface area contributed by atoms with Crippen LogP contribution >= 0.6 is 0 Å². The number of hydrogen-bond acceptors (Lipinski definition) is 2. The maximum Gasteiger partial charge on any atom is 0.337 e. The van der Waals surface area contributed by atoms with Crippen molar-refractivity contribution in [3.05, 3.63) is 35.9 Å². The van der Waals surface area contributed by atoms with E-state index in [1.807, 2.05) is 6.07 Å². The molecule has 0 aliphatic carbocycles. The van der Waals surface area contributed by atoms with Gasteiger partial charge in [0.2, 0.25) is 0 Å². The van der Waals surface area contributed by atoms with Crippen molar-refractivity contribution in [1.29, 1.82) is 0 Å². The molecule has 19 heavy (non-hydrogen) atoms. The molecular formula is C16H28O2Si. The fraction of sp³-hybridized carbons (Fsp3) is 0.625. The molecule has 0 atom stereocenters. The zero-order chi connectivity index (χ0) is 14.1. The molecule has 0 aliphatic heterocycles. The van der Waals surface area contributed by atoms with E-state index in [1.54, 1.807) is 0 Å². The van der Waals surface area contributed by atoms with E-state index < -0.39 is 8.56 Å². The molecule has 108 valence electrons. The lowest BCUT2D eigenvalue weighted by atomic mass is 10.2. The zero-order valence-electron chi connectivity index (χ0n) is 12.8. The van der Waals surface area contributed by atoms with Gasteiger partial charge < -0.3 is 8.85 Å². The van der Waals surface area contributed by atoms with Crippen molar-refractivity contribution in [2.45, 2.75) is 46.2 Å². The molecule has 0 amide bonds. The van der Waals surface area contributed by atoms with Crippen LogP contribution in [-0.2, 0) is 15.3 Å². The highest BCUT2D eigenvalue weighted by molar-refractivity contribution is 6.67. The van der Waals surface area contributed by atoms with Crippen LogP contribution in [-0.4, -0.2) is 21.8 Å². The molecular weight excluding hydrogens is 252 g/mol. The number of benzene rings is 1. The molecule has 1 rings (SSSR count). The van der Waals surface area contributed by atoms with Crippen molar-refractivity contribution in [3.63, 3.8) is 0 Å². The van der Waals surface area contributed by atoms with E-state index in [2.05, 4.69) is 52.0 Å². The molecule has 1 aromatic carbocycles. The summed E-state index contributed by atoms with van der Waals surface area (Å²) in [6.07, 6.45) is 0.973. The predicted octanol–water partition coefficient (Wildman–Crippen LogP) is 4.40. The minimum absolute atomic E-state index is 0.572. The van der Waals surface area contributed by atoms with E-state index in [-0.39, 0.29) is 0 Å². The van der Waals surface area contributed by atoms with Crippen molar-refractivity contribution < 1.29 is 8.85 Å². The van der Waals surface area contributed by atoms with E-state index in [0.717, 1.165) is 31.7 Å². The Kier molecular flexibility index (Phi) is 7.35. The Labute approximate surface area is 119 Å². The van der Waals surface area contributed by atoms with Gasteiger partial charge in [0, 0.05) is 13.2 Å². The quantitative estimate of drug-likeness (QED) is 0.624. The zero-order valence-corrected chi connectivity index (χ0v) is 13.8. The third-order valence-electron chi connectivity index (χ3n) is 3.36. The summed E-state index contributed by atoms with van der Waals surface area (Å²) in [5, 5.41) is 0. The Balaban J connectivity index is 2.44. The van der Waals surface area contributed by atoms with Crippen LogP contribution in [0.2, 0.25) is 12.1 Å². The highest BCUT2D eigenvalue weighted by Gasteiger charge is 2.33. The Hall–Kier alpha value is -0.643. The Morgan fingerprint density at radius 1 is 1.00 bits per heavy atom. The van der Waals surface area contributed by atoms with Crippen LogP contribution < -0.4 is 0 Å². The van der Waals surface area contributed by atoms with Crippen LogP contribution in [0.15, 0.2) is 30.3 Å². The van der Waals surface area contributed by atoms with Crippen molar-refractivity contribution in [2.24, 2.45) is 5.92 Å². The van der Waals surface area contributed by atoms with Crippen molar-refractivity contribution in [1.82, 2.24) is 0 Å². The third-order valence-corrected chi connectivity index (χ3v) is 6.93. The standard InChI is InChI=1S/C16H28O2Si/c1-5-19(6-2,18-14-15(3)4)17-13-12-16-10-8-7-9-11-16/h7-11,15H,5-6,12-14H2,1-4H3. The highest BCUT2D eigenvalue weighted by Crippen LogP contribution is 2.20. The largest absolute Gasteiger partial charge is 0.394 e. The van der Waals surface area contributed by atoms with E-state index >= 15 is 0 Å². The Morgan fingerprint density at radius 2 is 1.63 bits per heavy atom. The minimum atomic E-state index is -1.96. The highest BCUT2D eigenvalue weighted by atomic mass is 28.4. The topological polar surface area (TPSA) is 18.5 Å². The van der Waals surface area contributed by atoms with Gasteiger partial charge in [-0.25, -0.2) is 0 Å². The summed E-state index contributed by atoms with van der Waals surface area (Å²) in [6, 6.07) is 12.6. The van der Waals surface area contributed by atoms with Gasteiger partial charge in [-0.15, -0.1) is 0 Å². The van der Waals surface area contributed by atoms with Gasteiger partial charge in [0.05, 0.1) is 0 Å². The van der Waals surface area contributed by atoms with Crippen molar-refractivity contribution in [2.75, 3.05) is 13.2 Å². The third kappa shape index (κ3) is 5.89. The first-order valence-electron chi connectivity index (χ1n) is 7.43.